The molecule has 1 nitrogen and oxygen atoms in total. The van der Waals surface area contributed by atoms with Gasteiger partial charge in [0.1, 0.15) is 6.17 Å². The first-order chi connectivity index (χ1) is 13.6. The molecule has 3 aliphatic rings. The summed E-state index contributed by atoms with van der Waals surface area (Å²) in [6, 6.07) is 0. The maximum absolute atomic E-state index is 15.6. The van der Waals surface area contributed by atoms with E-state index in [1.807, 2.05) is 0 Å². The first-order valence-electron chi connectivity index (χ1n) is 12.8. The van der Waals surface area contributed by atoms with Gasteiger partial charge in [-0.25, -0.2) is 4.39 Å². The molecule has 0 aromatic carbocycles. The van der Waals surface area contributed by atoms with Crippen LogP contribution in [0.15, 0.2) is 0 Å². The van der Waals surface area contributed by atoms with E-state index in [4.69, 9.17) is 0 Å². The van der Waals surface area contributed by atoms with Gasteiger partial charge in [0, 0.05) is 0 Å². The third kappa shape index (κ3) is 4.36. The van der Waals surface area contributed by atoms with Gasteiger partial charge in [-0.1, -0.05) is 78.1 Å². The van der Waals surface area contributed by atoms with Crippen molar-refractivity contribution >= 4 is 5.78 Å². The zero-order valence-electron chi connectivity index (χ0n) is 18.7. The lowest BCUT2D eigenvalue weighted by Gasteiger charge is -2.61. The van der Waals surface area contributed by atoms with Crippen LogP contribution in [0.25, 0.3) is 0 Å². The molecular weight excluding hydrogens is 347 g/mol. The van der Waals surface area contributed by atoms with Crippen LogP contribution in [0.4, 0.5) is 4.39 Å². The lowest BCUT2D eigenvalue weighted by Crippen LogP contribution is -2.69. The Kier molecular flexibility index (Phi) is 8.02. The maximum Gasteiger partial charge on any atom is 0.151 e. The number of halogens is 1. The highest BCUT2D eigenvalue weighted by atomic mass is 19.1. The SMILES string of the molecule is CCCCCCCC1CC[C@]2(CC1)C(=O)[C@@]1(CCC(CCCCC)CC1)[C@@H]2F. The van der Waals surface area contributed by atoms with Crippen molar-refractivity contribution in [3.8, 4) is 0 Å². The summed E-state index contributed by atoms with van der Waals surface area (Å²) in [6.45, 7) is 4.51. The van der Waals surface area contributed by atoms with E-state index < -0.39 is 17.0 Å². The molecule has 0 heterocycles. The van der Waals surface area contributed by atoms with E-state index in [0.29, 0.717) is 5.78 Å². The van der Waals surface area contributed by atoms with Crippen molar-refractivity contribution in [2.45, 2.75) is 136 Å². The van der Waals surface area contributed by atoms with Crippen molar-refractivity contribution < 1.29 is 9.18 Å². The Labute approximate surface area is 173 Å². The highest BCUT2D eigenvalue weighted by molar-refractivity contribution is 5.98. The molecule has 0 bridgehead atoms. The van der Waals surface area contributed by atoms with Crippen molar-refractivity contribution in [2.24, 2.45) is 22.7 Å². The summed E-state index contributed by atoms with van der Waals surface area (Å²) in [4.78, 5) is 13.3. The van der Waals surface area contributed by atoms with E-state index in [1.54, 1.807) is 0 Å². The van der Waals surface area contributed by atoms with E-state index in [1.165, 1.54) is 64.2 Å². The summed E-state index contributed by atoms with van der Waals surface area (Å²) < 4.78 is 15.6. The van der Waals surface area contributed by atoms with Gasteiger partial charge in [-0.15, -0.1) is 0 Å². The second-order valence-electron chi connectivity index (χ2n) is 10.6. The molecule has 3 fully saturated rings. The Balaban J connectivity index is 1.42. The molecule has 3 aliphatic carbocycles. The highest BCUT2D eigenvalue weighted by Crippen LogP contribution is 2.65. The summed E-state index contributed by atoms with van der Waals surface area (Å²) >= 11 is 0. The third-order valence-electron chi connectivity index (χ3n) is 8.80. The molecule has 0 N–H and O–H groups in total. The fraction of sp³-hybridized carbons (Fsp3) is 0.962. The Hall–Kier alpha value is -0.400. The average molecular weight is 393 g/mol. The minimum atomic E-state index is -0.838. The Morgan fingerprint density at radius 2 is 1.11 bits per heavy atom. The van der Waals surface area contributed by atoms with Crippen molar-refractivity contribution in [1.82, 2.24) is 0 Å². The van der Waals surface area contributed by atoms with Crippen LogP contribution >= 0.6 is 0 Å². The monoisotopic (exact) mass is 392 g/mol. The lowest BCUT2D eigenvalue weighted by molar-refractivity contribution is -0.193. The van der Waals surface area contributed by atoms with Crippen LogP contribution in [-0.2, 0) is 4.79 Å². The fourth-order valence-corrected chi connectivity index (χ4v) is 6.82. The maximum atomic E-state index is 15.6. The molecule has 1 atom stereocenters. The van der Waals surface area contributed by atoms with Gasteiger partial charge in [-0.2, -0.15) is 0 Å². The van der Waals surface area contributed by atoms with Gasteiger partial charge in [0.2, 0.25) is 0 Å². The normalized spacial score (nSPS) is 38.1. The van der Waals surface area contributed by atoms with Crippen LogP contribution in [0, 0.1) is 22.7 Å². The number of ketones is 1. The molecule has 3 saturated carbocycles. The molecule has 0 unspecified atom stereocenters. The predicted molar refractivity (Wildman–Crippen MR) is 116 cm³/mol. The molecule has 2 spiro atoms. The summed E-state index contributed by atoms with van der Waals surface area (Å²) in [5, 5.41) is 0. The number of unbranched alkanes of at least 4 members (excludes halogenated alkanes) is 6. The van der Waals surface area contributed by atoms with E-state index in [2.05, 4.69) is 13.8 Å². The van der Waals surface area contributed by atoms with Crippen molar-refractivity contribution in [1.29, 1.82) is 0 Å². The summed E-state index contributed by atoms with van der Waals surface area (Å²) in [7, 11) is 0. The molecular formula is C26H45FO. The van der Waals surface area contributed by atoms with E-state index in [-0.39, 0.29) is 0 Å². The number of hydrogen-bond donors (Lipinski definition) is 0. The zero-order valence-corrected chi connectivity index (χ0v) is 18.7. The number of rotatable bonds is 10. The summed E-state index contributed by atoms with van der Waals surface area (Å²) in [5.41, 5.74) is -1.12. The number of hydrogen-bond acceptors (Lipinski definition) is 1. The van der Waals surface area contributed by atoms with Crippen LogP contribution in [0.2, 0.25) is 0 Å². The predicted octanol–water partition coefficient (Wildman–Crippen LogP) is 8.20. The van der Waals surface area contributed by atoms with Gasteiger partial charge in [0.25, 0.3) is 0 Å². The Morgan fingerprint density at radius 1 is 0.714 bits per heavy atom. The summed E-state index contributed by atoms with van der Waals surface area (Å²) in [5.74, 6) is 1.84. The van der Waals surface area contributed by atoms with Crippen LogP contribution in [0.1, 0.15) is 129 Å². The largest absolute Gasteiger partial charge is 0.298 e. The molecule has 3 rings (SSSR count). The first-order valence-corrected chi connectivity index (χ1v) is 12.8. The topological polar surface area (TPSA) is 17.1 Å². The van der Waals surface area contributed by atoms with Gasteiger partial charge in [-0.3, -0.25) is 4.79 Å². The van der Waals surface area contributed by atoms with Gasteiger partial charge in [0.05, 0.1) is 10.8 Å². The number of carbonyl (C=O) groups excluding carboxylic acids is 1. The average Bonchev–Trinajstić information content (AvgIpc) is 2.74. The Bertz CT molecular complexity index is 483. The number of carbonyl (C=O) groups is 1. The number of Topliss-reactive ketones (excluding diaryl/α,β-unsaturated/α-hetero) is 1. The third-order valence-corrected chi connectivity index (χ3v) is 8.80. The van der Waals surface area contributed by atoms with Crippen LogP contribution < -0.4 is 0 Å². The van der Waals surface area contributed by atoms with Crippen molar-refractivity contribution in [3.63, 3.8) is 0 Å². The van der Waals surface area contributed by atoms with Gasteiger partial charge in [-0.05, 0) is 63.2 Å². The molecule has 2 heteroatoms. The molecule has 0 amide bonds. The van der Waals surface area contributed by atoms with E-state index >= 15 is 4.39 Å². The van der Waals surface area contributed by atoms with Gasteiger partial charge < -0.3 is 0 Å². The molecule has 0 aromatic rings. The molecule has 0 aliphatic heterocycles. The van der Waals surface area contributed by atoms with Gasteiger partial charge in [0.15, 0.2) is 5.78 Å². The van der Waals surface area contributed by atoms with Crippen molar-refractivity contribution in [3.05, 3.63) is 0 Å². The van der Waals surface area contributed by atoms with Crippen LogP contribution in [0.3, 0.4) is 0 Å². The second kappa shape index (κ2) is 10.1. The molecule has 162 valence electrons. The molecule has 0 saturated heterocycles. The fourth-order valence-electron chi connectivity index (χ4n) is 6.82. The Morgan fingerprint density at radius 3 is 1.54 bits per heavy atom. The molecule has 0 radical (unpaired) electrons. The second-order valence-corrected chi connectivity index (χ2v) is 10.6. The first kappa shape index (κ1) is 22.3. The minimum absolute atomic E-state index is 0.348. The lowest BCUT2D eigenvalue weighted by atomic mass is 9.41. The number of alkyl halides is 1. The van der Waals surface area contributed by atoms with E-state index in [9.17, 15) is 4.79 Å². The van der Waals surface area contributed by atoms with Crippen LogP contribution in [0.5, 0.6) is 0 Å². The molecule has 28 heavy (non-hydrogen) atoms. The van der Waals surface area contributed by atoms with E-state index in [0.717, 1.165) is 63.2 Å². The quantitative estimate of drug-likeness (QED) is 0.342. The van der Waals surface area contributed by atoms with Crippen LogP contribution in [-0.4, -0.2) is 12.0 Å². The van der Waals surface area contributed by atoms with Crippen molar-refractivity contribution in [2.75, 3.05) is 0 Å². The highest BCUT2D eigenvalue weighted by Gasteiger charge is 2.71. The zero-order chi connectivity index (χ0) is 20.0. The molecule has 0 aromatic heterocycles. The smallest absolute Gasteiger partial charge is 0.151 e. The van der Waals surface area contributed by atoms with Gasteiger partial charge >= 0.3 is 0 Å². The summed E-state index contributed by atoms with van der Waals surface area (Å²) in [6.07, 6.45) is 20.1. The standard InChI is InChI=1S/C26H45FO/c1-3-5-7-8-10-12-22-15-19-26(20-16-22)23(27)25(24(26)28)17-13-21(14-18-25)11-9-6-4-2/h21-23H,3-20H2,1-2H3/t21?,22?,23-,25-,26-/m0/s1. The minimum Gasteiger partial charge on any atom is -0.298 e.